The fourth-order valence-corrected chi connectivity index (χ4v) is 7.49. The summed E-state index contributed by atoms with van der Waals surface area (Å²) in [5.74, 6) is 0.302. The standard InChI is InChI=1S/C34H40N4O6S2/c1-34(2,3)44-33(42)35-27-30(40)38-28(32(41)43-29(24-10-6-4-7-11-24)25-12-8-5-9-13-25)26(22-46-31(27)38)14-20-45-21-19-36-15-17-37(23-39)18-16-36/h4-14,20,23,27,29,31H,15-19,21-22H2,1-3H3,(H,35,42)/t27-,31-/m1/s1. The molecular formula is C34H40N4O6S2. The largest absolute Gasteiger partial charge is 0.448 e. The third kappa shape index (κ3) is 8.34. The number of esters is 1. The maximum absolute atomic E-state index is 14.1. The van der Waals surface area contributed by atoms with E-state index in [1.807, 2.05) is 72.1 Å². The molecule has 3 aliphatic rings. The van der Waals surface area contributed by atoms with Crippen LogP contribution < -0.4 is 5.32 Å². The molecule has 244 valence electrons. The summed E-state index contributed by atoms with van der Waals surface area (Å²) in [6, 6.07) is 18.2. The molecule has 2 saturated heterocycles. The molecule has 0 saturated carbocycles. The number of carbonyl (C=O) groups is 4. The monoisotopic (exact) mass is 664 g/mol. The maximum Gasteiger partial charge on any atom is 0.408 e. The number of alkyl carbamates (subject to hydrolysis) is 1. The van der Waals surface area contributed by atoms with Crippen molar-refractivity contribution in [2.75, 3.05) is 44.2 Å². The van der Waals surface area contributed by atoms with E-state index >= 15 is 0 Å². The lowest BCUT2D eigenvalue weighted by atomic mass is 10.0. The second-order valence-corrected chi connectivity index (χ2v) is 14.3. The fraction of sp³-hybridized carbons (Fsp3) is 0.412. The smallest absolute Gasteiger partial charge is 0.408 e. The van der Waals surface area contributed by atoms with Crippen LogP contribution in [-0.4, -0.2) is 100 Å². The van der Waals surface area contributed by atoms with Gasteiger partial charge in [-0.05, 0) is 49.0 Å². The molecule has 0 aromatic heterocycles. The van der Waals surface area contributed by atoms with Crippen molar-refractivity contribution >= 4 is 47.9 Å². The van der Waals surface area contributed by atoms with Gasteiger partial charge in [-0.15, -0.1) is 23.5 Å². The summed E-state index contributed by atoms with van der Waals surface area (Å²) in [4.78, 5) is 56.7. The molecule has 2 aromatic carbocycles. The third-order valence-corrected chi connectivity index (χ3v) is 9.79. The van der Waals surface area contributed by atoms with Crippen LogP contribution >= 0.6 is 23.5 Å². The highest BCUT2D eigenvalue weighted by Crippen LogP contribution is 2.42. The number of hydrogen-bond donors (Lipinski definition) is 1. The van der Waals surface area contributed by atoms with Gasteiger partial charge in [0.05, 0.1) is 0 Å². The van der Waals surface area contributed by atoms with Crippen molar-refractivity contribution in [2.24, 2.45) is 0 Å². The fourth-order valence-electron chi connectivity index (χ4n) is 5.41. The van der Waals surface area contributed by atoms with Gasteiger partial charge in [0.25, 0.3) is 5.91 Å². The summed E-state index contributed by atoms with van der Waals surface area (Å²) in [6.45, 7) is 9.33. The Morgan fingerprint density at radius 3 is 2.24 bits per heavy atom. The van der Waals surface area contributed by atoms with Crippen molar-refractivity contribution in [3.8, 4) is 0 Å². The molecule has 12 heteroatoms. The van der Waals surface area contributed by atoms with E-state index in [4.69, 9.17) is 9.47 Å². The molecule has 3 aliphatic heterocycles. The van der Waals surface area contributed by atoms with Gasteiger partial charge in [-0.25, -0.2) is 9.59 Å². The summed E-state index contributed by atoms with van der Waals surface area (Å²) >= 11 is 3.11. The van der Waals surface area contributed by atoms with Gasteiger partial charge >= 0.3 is 12.1 Å². The second kappa shape index (κ2) is 15.2. The Hall–Kier alpha value is -3.74. The van der Waals surface area contributed by atoms with E-state index in [1.54, 1.807) is 37.4 Å². The minimum atomic E-state index is -0.818. The lowest BCUT2D eigenvalue weighted by Crippen LogP contribution is -2.70. The second-order valence-electron chi connectivity index (χ2n) is 12.2. The number of nitrogens with one attached hydrogen (secondary N) is 1. The molecule has 0 unspecified atom stereocenters. The van der Waals surface area contributed by atoms with Crippen LogP contribution in [0.25, 0.3) is 0 Å². The molecule has 2 fully saturated rings. The van der Waals surface area contributed by atoms with Gasteiger partial charge in [0.2, 0.25) is 6.41 Å². The molecule has 1 N–H and O–H groups in total. The van der Waals surface area contributed by atoms with E-state index in [1.165, 1.54) is 16.7 Å². The number of hydrogen-bond acceptors (Lipinski definition) is 9. The van der Waals surface area contributed by atoms with Crippen molar-refractivity contribution in [3.63, 3.8) is 0 Å². The molecule has 2 aromatic rings. The molecule has 0 radical (unpaired) electrons. The SMILES string of the molecule is CC(C)(C)OC(=O)N[C@@H]1C(=O)N2C(C(=O)OC(c3ccccc3)c3ccccc3)=C(C=CSCCN3CCN(C=O)CC3)CS[C@H]12. The first-order valence-electron chi connectivity index (χ1n) is 15.3. The number of thioether (sulfide) groups is 2. The van der Waals surface area contributed by atoms with Crippen molar-refractivity contribution in [1.29, 1.82) is 0 Å². The van der Waals surface area contributed by atoms with E-state index in [-0.39, 0.29) is 11.6 Å². The van der Waals surface area contributed by atoms with E-state index in [9.17, 15) is 19.2 Å². The Morgan fingerprint density at radius 2 is 1.65 bits per heavy atom. The Balaban J connectivity index is 1.34. The van der Waals surface area contributed by atoms with Gasteiger partial charge in [-0.2, -0.15) is 0 Å². The Labute approximate surface area is 278 Å². The van der Waals surface area contributed by atoms with Crippen molar-refractivity contribution in [1.82, 2.24) is 20.0 Å². The first-order chi connectivity index (χ1) is 22.1. The Bertz CT molecular complexity index is 1420. The third-order valence-electron chi connectivity index (χ3n) is 7.74. The Kier molecular flexibility index (Phi) is 11.1. The van der Waals surface area contributed by atoms with Crippen LogP contribution in [0.3, 0.4) is 0 Å². The van der Waals surface area contributed by atoms with Crippen LogP contribution in [-0.2, 0) is 23.9 Å². The minimum Gasteiger partial charge on any atom is -0.448 e. The van der Waals surface area contributed by atoms with Crippen LogP contribution in [0.4, 0.5) is 4.79 Å². The predicted molar refractivity (Wildman–Crippen MR) is 180 cm³/mol. The number of amides is 3. The minimum absolute atomic E-state index is 0.190. The van der Waals surface area contributed by atoms with Gasteiger partial charge in [-0.3, -0.25) is 19.4 Å². The van der Waals surface area contributed by atoms with Crippen LogP contribution in [0.1, 0.15) is 38.0 Å². The number of rotatable bonds is 11. The predicted octanol–water partition coefficient (Wildman–Crippen LogP) is 4.40. The summed E-state index contributed by atoms with van der Waals surface area (Å²) in [5.41, 5.74) is 1.78. The molecule has 0 bridgehead atoms. The number of β-lactam (4-membered cyclic amide) rings is 1. The topological polar surface area (TPSA) is 108 Å². The zero-order chi connectivity index (χ0) is 32.7. The van der Waals surface area contributed by atoms with Gasteiger partial charge < -0.3 is 19.7 Å². The molecule has 10 nitrogen and oxygen atoms in total. The van der Waals surface area contributed by atoms with E-state index in [0.29, 0.717) is 11.3 Å². The first kappa shape index (κ1) is 33.6. The number of carbonyl (C=O) groups excluding carboxylic acids is 4. The average Bonchev–Trinajstić information content (AvgIpc) is 3.05. The zero-order valence-electron chi connectivity index (χ0n) is 26.3. The van der Waals surface area contributed by atoms with Crippen LogP contribution in [0.15, 0.2) is 83.4 Å². The average molecular weight is 665 g/mol. The molecule has 0 aliphatic carbocycles. The maximum atomic E-state index is 14.1. The number of allylic oxidation sites excluding steroid dienone is 1. The molecule has 3 amide bonds. The van der Waals surface area contributed by atoms with Crippen molar-refractivity contribution in [2.45, 2.75) is 43.9 Å². The summed E-state index contributed by atoms with van der Waals surface area (Å²) < 4.78 is 11.6. The normalized spacial score (nSPS) is 20.4. The van der Waals surface area contributed by atoms with Crippen molar-refractivity contribution in [3.05, 3.63) is 94.5 Å². The van der Waals surface area contributed by atoms with Gasteiger partial charge in [0, 0.05) is 44.2 Å². The van der Waals surface area contributed by atoms with Crippen LogP contribution in [0.5, 0.6) is 0 Å². The highest BCUT2D eigenvalue weighted by atomic mass is 32.2. The molecular weight excluding hydrogens is 625 g/mol. The number of benzene rings is 2. The number of piperazine rings is 1. The van der Waals surface area contributed by atoms with E-state index in [0.717, 1.165) is 56.0 Å². The zero-order valence-corrected chi connectivity index (χ0v) is 27.9. The van der Waals surface area contributed by atoms with Gasteiger partial charge in [0.1, 0.15) is 22.7 Å². The molecule has 5 rings (SSSR count). The summed E-state index contributed by atoms with van der Waals surface area (Å²) in [6.07, 6.45) is 1.43. The lowest BCUT2D eigenvalue weighted by Gasteiger charge is -2.49. The van der Waals surface area contributed by atoms with Crippen molar-refractivity contribution < 1.29 is 28.7 Å². The van der Waals surface area contributed by atoms with Gasteiger partial charge in [0.15, 0.2) is 6.10 Å². The highest BCUT2D eigenvalue weighted by Gasteiger charge is 2.54. The number of ether oxygens (including phenoxy) is 2. The molecule has 46 heavy (non-hydrogen) atoms. The van der Waals surface area contributed by atoms with Crippen LogP contribution in [0.2, 0.25) is 0 Å². The number of fused-ring (bicyclic) bond motifs is 1. The van der Waals surface area contributed by atoms with E-state index in [2.05, 4.69) is 10.2 Å². The highest BCUT2D eigenvalue weighted by molar-refractivity contribution is 8.02. The molecule has 2 atom stereocenters. The van der Waals surface area contributed by atoms with Crippen LogP contribution in [0, 0.1) is 0 Å². The molecule has 3 heterocycles. The lowest BCUT2D eigenvalue weighted by molar-refractivity contribution is -0.153. The summed E-state index contributed by atoms with van der Waals surface area (Å²) in [7, 11) is 0. The number of nitrogens with zero attached hydrogens (tertiary/aromatic N) is 3. The Morgan fingerprint density at radius 1 is 1.02 bits per heavy atom. The quantitative estimate of drug-likeness (QED) is 0.162. The molecule has 0 spiro atoms. The van der Waals surface area contributed by atoms with E-state index < -0.39 is 35.2 Å². The summed E-state index contributed by atoms with van der Waals surface area (Å²) in [5, 5.41) is 4.18. The first-order valence-corrected chi connectivity index (χ1v) is 17.4. The van der Waals surface area contributed by atoms with Gasteiger partial charge in [-0.1, -0.05) is 60.7 Å².